The van der Waals surface area contributed by atoms with E-state index in [2.05, 4.69) is 6.58 Å². The van der Waals surface area contributed by atoms with E-state index in [0.29, 0.717) is 27.6 Å². The summed E-state index contributed by atoms with van der Waals surface area (Å²) >= 11 is 11.8. The fraction of sp³-hybridized carbons (Fsp3) is 0.174. The lowest BCUT2D eigenvalue weighted by molar-refractivity contribution is -0.126. The maximum Gasteiger partial charge on any atom is 0.238 e. The number of allylic oxidation sites excluding steroid dienone is 2. The van der Waals surface area contributed by atoms with Gasteiger partial charge in [0, 0.05) is 15.6 Å². The van der Waals surface area contributed by atoms with Crippen molar-refractivity contribution >= 4 is 52.6 Å². The zero-order chi connectivity index (χ0) is 21.6. The van der Waals surface area contributed by atoms with Crippen molar-refractivity contribution in [3.63, 3.8) is 0 Å². The molecule has 2 fully saturated rings. The highest BCUT2D eigenvalue weighted by Gasteiger charge is 2.58. The number of halogens is 3. The number of carbonyl (C=O) groups is 3. The number of imide groups is 1. The van der Waals surface area contributed by atoms with Crippen LogP contribution < -0.4 is 4.90 Å². The van der Waals surface area contributed by atoms with Crippen LogP contribution in [0.3, 0.4) is 0 Å². The van der Waals surface area contributed by atoms with Crippen molar-refractivity contribution in [3.8, 4) is 0 Å². The standard InChI is InChI=1S/C23H16Cl2FNO3/c1-2-13-10-17-21(13)23(30)27(22(17)29)19-5-3-12(7-18(19)26)4-6-20(28)14-8-15(24)11-16(25)9-14/h2-9,11,13,17,21H,1,10H2/b6-4+. The molecule has 152 valence electrons. The summed E-state index contributed by atoms with van der Waals surface area (Å²) in [5.41, 5.74) is 0.637. The summed E-state index contributed by atoms with van der Waals surface area (Å²) in [6.07, 6.45) is 4.95. The van der Waals surface area contributed by atoms with Crippen LogP contribution in [0.2, 0.25) is 10.0 Å². The van der Waals surface area contributed by atoms with Gasteiger partial charge in [0.05, 0.1) is 17.5 Å². The molecule has 0 N–H and O–H groups in total. The average molecular weight is 444 g/mol. The molecule has 2 aromatic carbocycles. The Hall–Kier alpha value is -2.76. The Morgan fingerprint density at radius 1 is 1.10 bits per heavy atom. The van der Waals surface area contributed by atoms with Crippen molar-refractivity contribution in [2.75, 3.05) is 4.90 Å². The van der Waals surface area contributed by atoms with Crippen molar-refractivity contribution in [2.24, 2.45) is 17.8 Å². The van der Waals surface area contributed by atoms with Crippen LogP contribution in [-0.4, -0.2) is 17.6 Å². The number of hydrogen-bond acceptors (Lipinski definition) is 3. The minimum atomic E-state index is -0.714. The number of amides is 2. The molecule has 4 nitrogen and oxygen atoms in total. The molecule has 0 radical (unpaired) electrons. The topological polar surface area (TPSA) is 54.5 Å². The third kappa shape index (κ3) is 3.48. The average Bonchev–Trinajstić information content (AvgIpc) is 2.84. The second-order valence-electron chi connectivity index (χ2n) is 7.35. The van der Waals surface area contributed by atoms with Gasteiger partial charge in [-0.2, -0.15) is 0 Å². The third-order valence-electron chi connectivity index (χ3n) is 5.55. The number of fused-ring (bicyclic) bond motifs is 1. The smallest absolute Gasteiger partial charge is 0.238 e. The number of nitrogens with zero attached hydrogens (tertiary/aromatic N) is 1. The fourth-order valence-electron chi connectivity index (χ4n) is 3.97. The van der Waals surface area contributed by atoms with Gasteiger partial charge < -0.3 is 0 Å². The van der Waals surface area contributed by atoms with Gasteiger partial charge in [-0.15, -0.1) is 6.58 Å². The van der Waals surface area contributed by atoms with Gasteiger partial charge in [-0.05, 0) is 54.3 Å². The van der Waals surface area contributed by atoms with Gasteiger partial charge in [0.2, 0.25) is 11.8 Å². The summed E-state index contributed by atoms with van der Waals surface area (Å²) in [5.74, 6) is -2.73. The van der Waals surface area contributed by atoms with Crippen LogP contribution in [0.1, 0.15) is 22.3 Å². The molecule has 3 unspecified atom stereocenters. The van der Waals surface area contributed by atoms with Gasteiger partial charge >= 0.3 is 0 Å². The molecule has 2 aromatic rings. The molecule has 1 aliphatic carbocycles. The lowest BCUT2D eigenvalue weighted by Crippen LogP contribution is -2.37. The minimum Gasteiger partial charge on any atom is -0.289 e. The van der Waals surface area contributed by atoms with E-state index in [1.165, 1.54) is 42.5 Å². The Kier molecular flexibility index (Phi) is 5.35. The zero-order valence-corrected chi connectivity index (χ0v) is 17.2. The first-order valence-corrected chi connectivity index (χ1v) is 10.0. The molecule has 30 heavy (non-hydrogen) atoms. The highest BCUT2D eigenvalue weighted by atomic mass is 35.5. The van der Waals surface area contributed by atoms with Gasteiger partial charge in [-0.1, -0.05) is 41.4 Å². The quantitative estimate of drug-likeness (QED) is 0.271. The van der Waals surface area contributed by atoms with Gasteiger partial charge in [0.25, 0.3) is 0 Å². The molecule has 0 bridgehead atoms. The predicted octanol–water partition coefficient (Wildman–Crippen LogP) is 5.34. The Bertz CT molecular complexity index is 1110. The predicted molar refractivity (Wildman–Crippen MR) is 114 cm³/mol. The van der Waals surface area contributed by atoms with Gasteiger partial charge in [0.15, 0.2) is 5.78 Å². The molecule has 2 aliphatic rings. The number of rotatable bonds is 5. The first-order chi connectivity index (χ1) is 14.3. The maximum atomic E-state index is 14.7. The van der Waals surface area contributed by atoms with Crippen molar-refractivity contribution in [2.45, 2.75) is 6.42 Å². The van der Waals surface area contributed by atoms with Crippen LogP contribution in [0.4, 0.5) is 10.1 Å². The molecule has 7 heteroatoms. The normalized spacial score (nSPS) is 22.9. The molecule has 1 aliphatic heterocycles. The molecule has 1 saturated carbocycles. The number of anilines is 1. The first kappa shape index (κ1) is 20.5. The van der Waals surface area contributed by atoms with E-state index in [4.69, 9.17) is 23.2 Å². The Balaban J connectivity index is 1.54. The number of carbonyl (C=O) groups excluding carboxylic acids is 3. The summed E-state index contributed by atoms with van der Waals surface area (Å²) < 4.78 is 14.7. The van der Waals surface area contributed by atoms with Crippen molar-refractivity contribution < 1.29 is 18.8 Å². The van der Waals surface area contributed by atoms with Crippen molar-refractivity contribution in [3.05, 3.63) is 82.1 Å². The first-order valence-electron chi connectivity index (χ1n) is 9.28. The largest absolute Gasteiger partial charge is 0.289 e. The van der Waals surface area contributed by atoms with E-state index in [0.717, 1.165) is 4.90 Å². The number of ketones is 1. The van der Waals surface area contributed by atoms with Crippen LogP contribution in [0.25, 0.3) is 6.08 Å². The van der Waals surface area contributed by atoms with E-state index in [1.807, 2.05) is 0 Å². The summed E-state index contributed by atoms with van der Waals surface area (Å²) in [4.78, 5) is 38.4. The highest BCUT2D eigenvalue weighted by molar-refractivity contribution is 6.35. The lowest BCUT2D eigenvalue weighted by Gasteiger charge is -2.33. The lowest BCUT2D eigenvalue weighted by atomic mass is 9.66. The molecule has 3 atom stereocenters. The third-order valence-corrected chi connectivity index (χ3v) is 5.99. The summed E-state index contributed by atoms with van der Waals surface area (Å²) in [6, 6.07) is 8.58. The molecular weight excluding hydrogens is 428 g/mol. The summed E-state index contributed by atoms with van der Waals surface area (Å²) in [5, 5.41) is 0.671. The number of benzene rings is 2. The summed E-state index contributed by atoms with van der Waals surface area (Å²) in [7, 11) is 0. The molecule has 4 rings (SSSR count). The second kappa shape index (κ2) is 7.82. The number of hydrogen-bond donors (Lipinski definition) is 0. The maximum absolute atomic E-state index is 14.7. The molecule has 0 aromatic heterocycles. The molecule has 1 heterocycles. The molecule has 2 amide bonds. The highest BCUT2D eigenvalue weighted by Crippen LogP contribution is 2.49. The molecular formula is C23H16Cl2FNO3. The van der Waals surface area contributed by atoms with Crippen LogP contribution in [-0.2, 0) is 9.59 Å². The van der Waals surface area contributed by atoms with Crippen LogP contribution >= 0.6 is 23.2 Å². The molecule has 0 spiro atoms. The van der Waals surface area contributed by atoms with Gasteiger partial charge in [-0.3, -0.25) is 14.4 Å². The van der Waals surface area contributed by atoms with E-state index in [9.17, 15) is 18.8 Å². The van der Waals surface area contributed by atoms with Crippen molar-refractivity contribution in [1.82, 2.24) is 0 Å². The fourth-order valence-corrected chi connectivity index (χ4v) is 4.50. The Labute approximate surface area is 182 Å². The van der Waals surface area contributed by atoms with Crippen molar-refractivity contribution in [1.29, 1.82) is 0 Å². The molecule has 1 saturated heterocycles. The zero-order valence-electron chi connectivity index (χ0n) is 15.6. The van der Waals surface area contributed by atoms with Crippen LogP contribution in [0.5, 0.6) is 0 Å². The van der Waals surface area contributed by atoms with E-state index in [-0.39, 0.29) is 23.3 Å². The second-order valence-corrected chi connectivity index (χ2v) is 8.22. The Morgan fingerprint density at radius 3 is 2.43 bits per heavy atom. The Morgan fingerprint density at radius 2 is 1.80 bits per heavy atom. The summed E-state index contributed by atoms with van der Waals surface area (Å²) in [6.45, 7) is 3.69. The van der Waals surface area contributed by atoms with Gasteiger partial charge in [-0.25, -0.2) is 9.29 Å². The van der Waals surface area contributed by atoms with E-state index < -0.39 is 23.6 Å². The van der Waals surface area contributed by atoms with E-state index >= 15 is 0 Å². The van der Waals surface area contributed by atoms with Gasteiger partial charge in [0.1, 0.15) is 5.82 Å². The SMILES string of the molecule is C=CC1CC2C(=O)N(c3ccc(/C=C/C(=O)c4cc(Cl)cc(Cl)c4)cc3F)C(=O)C12. The van der Waals surface area contributed by atoms with E-state index in [1.54, 1.807) is 12.1 Å². The monoisotopic (exact) mass is 443 g/mol. The van der Waals surface area contributed by atoms with Crippen LogP contribution in [0.15, 0.2) is 55.1 Å². The van der Waals surface area contributed by atoms with Crippen LogP contribution in [0, 0.1) is 23.6 Å². The minimum absolute atomic E-state index is 0.0484.